The van der Waals surface area contributed by atoms with Crippen LogP contribution in [0.1, 0.15) is 28.4 Å². The van der Waals surface area contributed by atoms with Crippen molar-refractivity contribution in [2.45, 2.75) is 13.5 Å². The number of ether oxygens (including phenoxy) is 3. The Kier molecular flexibility index (Phi) is 5.59. The number of esters is 1. The van der Waals surface area contributed by atoms with E-state index in [1.807, 2.05) is 13.0 Å². The summed E-state index contributed by atoms with van der Waals surface area (Å²) in [4.78, 5) is 12.1. The predicted octanol–water partition coefficient (Wildman–Crippen LogP) is 3.32. The largest absolute Gasteiger partial charge is 0.493 e. The van der Waals surface area contributed by atoms with Crippen LogP contribution in [0, 0.1) is 11.3 Å². The maximum absolute atomic E-state index is 12.1. The van der Waals surface area contributed by atoms with Crippen molar-refractivity contribution in [3.05, 3.63) is 59.2 Å². The first-order chi connectivity index (χ1) is 11.2. The molecule has 5 heteroatoms. The van der Waals surface area contributed by atoms with Crippen molar-refractivity contribution in [2.24, 2.45) is 0 Å². The van der Waals surface area contributed by atoms with Crippen LogP contribution in [0.4, 0.5) is 0 Å². The second-order valence-corrected chi connectivity index (χ2v) is 4.68. The Morgan fingerprint density at radius 1 is 1.13 bits per heavy atom. The summed E-state index contributed by atoms with van der Waals surface area (Å²) in [5.74, 6) is 0.619. The van der Waals surface area contributed by atoms with Crippen LogP contribution in [0.5, 0.6) is 11.5 Å². The maximum Gasteiger partial charge on any atom is 0.338 e. The van der Waals surface area contributed by atoms with Gasteiger partial charge < -0.3 is 14.2 Å². The molecule has 0 atom stereocenters. The number of nitriles is 1. The minimum absolute atomic E-state index is 0.139. The fraction of sp³-hybridized carbons (Fsp3) is 0.222. The predicted molar refractivity (Wildman–Crippen MR) is 84.4 cm³/mol. The Bertz CT molecular complexity index is 717. The van der Waals surface area contributed by atoms with Gasteiger partial charge in [0, 0.05) is 0 Å². The van der Waals surface area contributed by atoms with Gasteiger partial charge in [-0.15, -0.1) is 0 Å². The van der Waals surface area contributed by atoms with Gasteiger partial charge in [0.15, 0.2) is 11.5 Å². The zero-order valence-corrected chi connectivity index (χ0v) is 13.0. The molecule has 0 saturated carbocycles. The fourth-order valence-corrected chi connectivity index (χ4v) is 1.98. The molecule has 0 radical (unpaired) electrons. The minimum Gasteiger partial charge on any atom is -0.493 e. The van der Waals surface area contributed by atoms with Crippen LogP contribution in [0.25, 0.3) is 0 Å². The van der Waals surface area contributed by atoms with Gasteiger partial charge in [-0.3, -0.25) is 0 Å². The first kappa shape index (κ1) is 16.4. The molecule has 0 fully saturated rings. The third-order valence-electron chi connectivity index (χ3n) is 3.15. The summed E-state index contributed by atoms with van der Waals surface area (Å²) >= 11 is 0. The molecule has 0 aliphatic carbocycles. The van der Waals surface area contributed by atoms with Gasteiger partial charge in [-0.1, -0.05) is 12.1 Å². The molecule has 0 heterocycles. The summed E-state index contributed by atoms with van der Waals surface area (Å²) in [5.41, 5.74) is 1.77. The van der Waals surface area contributed by atoms with E-state index in [1.165, 1.54) is 7.11 Å². The lowest BCUT2D eigenvalue weighted by Crippen LogP contribution is -2.06. The lowest BCUT2D eigenvalue weighted by atomic mass is 10.1. The van der Waals surface area contributed by atoms with Gasteiger partial charge >= 0.3 is 5.97 Å². The third kappa shape index (κ3) is 4.24. The van der Waals surface area contributed by atoms with Gasteiger partial charge in [0.25, 0.3) is 0 Å². The molecule has 0 aliphatic rings. The Labute approximate surface area is 135 Å². The van der Waals surface area contributed by atoms with Gasteiger partial charge in [-0.05, 0) is 42.8 Å². The standard InChI is InChI=1S/C18H17NO4/c1-3-22-16-9-8-15(10-17(16)21-2)18(20)23-12-14-6-4-13(11-19)5-7-14/h4-10H,3,12H2,1-2H3. The zero-order valence-electron chi connectivity index (χ0n) is 13.0. The first-order valence-electron chi connectivity index (χ1n) is 7.15. The highest BCUT2D eigenvalue weighted by atomic mass is 16.5. The van der Waals surface area contributed by atoms with Crippen LogP contribution >= 0.6 is 0 Å². The zero-order chi connectivity index (χ0) is 16.7. The summed E-state index contributed by atoms with van der Waals surface area (Å²) < 4.78 is 15.9. The van der Waals surface area contributed by atoms with E-state index < -0.39 is 5.97 Å². The molecule has 2 aromatic rings. The van der Waals surface area contributed by atoms with Crippen molar-refractivity contribution in [1.82, 2.24) is 0 Å². The highest BCUT2D eigenvalue weighted by Gasteiger charge is 2.12. The molecule has 0 aliphatic heterocycles. The molecule has 0 aromatic heterocycles. The Balaban J connectivity index is 2.03. The van der Waals surface area contributed by atoms with Gasteiger partial charge in [0.2, 0.25) is 0 Å². The fourth-order valence-electron chi connectivity index (χ4n) is 1.98. The van der Waals surface area contributed by atoms with Crippen molar-refractivity contribution in [2.75, 3.05) is 13.7 Å². The molecule has 0 unspecified atom stereocenters. The molecular formula is C18H17NO4. The first-order valence-corrected chi connectivity index (χ1v) is 7.15. The number of methoxy groups -OCH3 is 1. The summed E-state index contributed by atoms with van der Waals surface area (Å²) in [6.07, 6.45) is 0. The van der Waals surface area contributed by atoms with E-state index in [1.54, 1.807) is 42.5 Å². The number of rotatable bonds is 6. The van der Waals surface area contributed by atoms with E-state index in [-0.39, 0.29) is 6.61 Å². The molecule has 0 amide bonds. The number of carbonyl (C=O) groups excluding carboxylic acids is 1. The van der Waals surface area contributed by atoms with E-state index in [2.05, 4.69) is 0 Å². The lowest BCUT2D eigenvalue weighted by molar-refractivity contribution is 0.0472. The SMILES string of the molecule is CCOc1ccc(C(=O)OCc2ccc(C#N)cc2)cc1OC. The molecule has 118 valence electrons. The highest BCUT2D eigenvalue weighted by Crippen LogP contribution is 2.28. The summed E-state index contributed by atoms with van der Waals surface area (Å²) in [7, 11) is 1.52. The second-order valence-electron chi connectivity index (χ2n) is 4.68. The van der Waals surface area contributed by atoms with Crippen LogP contribution in [0.3, 0.4) is 0 Å². The molecule has 0 N–H and O–H groups in total. The van der Waals surface area contributed by atoms with Gasteiger partial charge in [0.1, 0.15) is 6.61 Å². The topological polar surface area (TPSA) is 68.5 Å². The van der Waals surface area contributed by atoms with Crippen LogP contribution in [-0.4, -0.2) is 19.7 Å². The average Bonchev–Trinajstić information content (AvgIpc) is 2.60. The van der Waals surface area contributed by atoms with E-state index in [0.717, 1.165) is 5.56 Å². The van der Waals surface area contributed by atoms with Crippen molar-refractivity contribution < 1.29 is 19.0 Å². The molecule has 0 bridgehead atoms. The molecule has 0 saturated heterocycles. The molecular weight excluding hydrogens is 294 g/mol. The summed E-state index contributed by atoms with van der Waals surface area (Å²) in [6.45, 7) is 2.53. The number of hydrogen-bond donors (Lipinski definition) is 0. The normalized spacial score (nSPS) is 9.78. The molecule has 0 spiro atoms. The van der Waals surface area contributed by atoms with E-state index in [9.17, 15) is 4.79 Å². The highest BCUT2D eigenvalue weighted by molar-refractivity contribution is 5.90. The van der Waals surface area contributed by atoms with E-state index >= 15 is 0 Å². The monoisotopic (exact) mass is 311 g/mol. The number of carbonyl (C=O) groups is 1. The van der Waals surface area contributed by atoms with Gasteiger partial charge in [0.05, 0.1) is 30.9 Å². The number of nitrogens with zero attached hydrogens (tertiary/aromatic N) is 1. The van der Waals surface area contributed by atoms with Crippen molar-refractivity contribution in [3.63, 3.8) is 0 Å². The van der Waals surface area contributed by atoms with Crippen LogP contribution in [0.15, 0.2) is 42.5 Å². The summed E-state index contributed by atoms with van der Waals surface area (Å²) in [5, 5.41) is 8.75. The average molecular weight is 311 g/mol. The lowest BCUT2D eigenvalue weighted by Gasteiger charge is -2.11. The van der Waals surface area contributed by atoms with Crippen molar-refractivity contribution in [1.29, 1.82) is 5.26 Å². The molecule has 23 heavy (non-hydrogen) atoms. The maximum atomic E-state index is 12.1. The van der Waals surface area contributed by atoms with Gasteiger partial charge in [-0.2, -0.15) is 5.26 Å². The van der Waals surface area contributed by atoms with Gasteiger partial charge in [-0.25, -0.2) is 4.79 Å². The van der Waals surface area contributed by atoms with Crippen molar-refractivity contribution >= 4 is 5.97 Å². The Hall–Kier alpha value is -3.00. The van der Waals surface area contributed by atoms with Crippen LogP contribution in [0.2, 0.25) is 0 Å². The van der Waals surface area contributed by atoms with Crippen LogP contribution < -0.4 is 9.47 Å². The Morgan fingerprint density at radius 2 is 1.87 bits per heavy atom. The van der Waals surface area contributed by atoms with E-state index in [0.29, 0.717) is 29.2 Å². The van der Waals surface area contributed by atoms with Crippen molar-refractivity contribution in [3.8, 4) is 17.6 Å². The Morgan fingerprint density at radius 3 is 2.48 bits per heavy atom. The second kappa shape index (κ2) is 7.85. The van der Waals surface area contributed by atoms with E-state index in [4.69, 9.17) is 19.5 Å². The molecule has 2 rings (SSSR count). The third-order valence-corrected chi connectivity index (χ3v) is 3.15. The number of hydrogen-bond acceptors (Lipinski definition) is 5. The summed E-state index contributed by atoms with van der Waals surface area (Å²) in [6, 6.07) is 13.8. The molecule has 5 nitrogen and oxygen atoms in total. The molecule has 2 aromatic carbocycles. The minimum atomic E-state index is -0.448. The smallest absolute Gasteiger partial charge is 0.338 e. The number of benzene rings is 2. The van der Waals surface area contributed by atoms with Crippen LogP contribution in [-0.2, 0) is 11.3 Å². The quantitative estimate of drug-likeness (QED) is 0.765.